The largest absolute Gasteiger partial charge is 0.387 e. The summed E-state index contributed by atoms with van der Waals surface area (Å²) in [6.07, 6.45) is 4.14. The van der Waals surface area contributed by atoms with Crippen molar-refractivity contribution in [3.8, 4) is 0 Å². The first-order chi connectivity index (χ1) is 9.72. The maximum atomic E-state index is 10.3. The number of likely N-dealkylation sites (tertiary alicyclic amines) is 1. The molecule has 1 fully saturated rings. The fourth-order valence-corrected chi connectivity index (χ4v) is 2.88. The summed E-state index contributed by atoms with van der Waals surface area (Å²) < 4.78 is 1.93. The molecule has 1 N–H and O–H groups in total. The number of hydrogen-bond acceptors (Lipinski definition) is 3. The highest BCUT2D eigenvalue weighted by Crippen LogP contribution is 2.24. The van der Waals surface area contributed by atoms with E-state index in [1.165, 1.54) is 0 Å². The lowest BCUT2D eigenvalue weighted by Gasteiger charge is -2.20. The molecule has 1 saturated heterocycles. The second-order valence-electron chi connectivity index (χ2n) is 5.27. The Morgan fingerprint density at radius 1 is 1.35 bits per heavy atom. The lowest BCUT2D eigenvalue weighted by Crippen LogP contribution is -2.27. The number of aliphatic hydroxyl groups excluding tert-OH is 1. The van der Waals surface area contributed by atoms with Crippen molar-refractivity contribution in [3.63, 3.8) is 0 Å². The molecule has 0 saturated carbocycles. The van der Waals surface area contributed by atoms with Crippen LogP contribution in [0, 0.1) is 0 Å². The number of benzene rings is 1. The van der Waals surface area contributed by atoms with Crippen LogP contribution in [0.25, 0.3) is 0 Å². The third kappa shape index (κ3) is 3.03. The van der Waals surface area contributed by atoms with Gasteiger partial charge in [-0.3, -0.25) is 9.58 Å². The molecule has 106 valence electrons. The number of nitrogens with zero attached hydrogens (tertiary/aromatic N) is 3. The molecule has 4 nitrogen and oxygen atoms in total. The lowest BCUT2D eigenvalue weighted by atomic mass is 10.1. The van der Waals surface area contributed by atoms with Crippen molar-refractivity contribution in [2.24, 2.45) is 0 Å². The van der Waals surface area contributed by atoms with Gasteiger partial charge in [0.15, 0.2) is 0 Å². The van der Waals surface area contributed by atoms with E-state index in [1.54, 1.807) is 6.20 Å². The molecule has 1 aliphatic rings. The van der Waals surface area contributed by atoms with Crippen molar-refractivity contribution in [2.45, 2.75) is 18.6 Å². The normalized spacial score (nSPS) is 21.2. The molecule has 0 amide bonds. The minimum Gasteiger partial charge on any atom is -0.387 e. The maximum absolute atomic E-state index is 10.3. The molecule has 0 radical (unpaired) electrons. The third-order valence-corrected chi connectivity index (χ3v) is 4.00. The van der Waals surface area contributed by atoms with Gasteiger partial charge in [0.1, 0.15) is 0 Å². The van der Waals surface area contributed by atoms with Gasteiger partial charge in [-0.05, 0) is 12.0 Å². The van der Waals surface area contributed by atoms with Gasteiger partial charge in [-0.1, -0.05) is 41.9 Å². The Labute approximate surface area is 123 Å². The Morgan fingerprint density at radius 3 is 2.85 bits per heavy atom. The molecule has 2 atom stereocenters. The molecule has 0 spiro atoms. The Hall–Kier alpha value is -1.36. The number of β-amino-alcohol motifs (C(OH)–C–C–N with tert-alkyl or cyclic N) is 1. The van der Waals surface area contributed by atoms with E-state index in [2.05, 4.69) is 10.00 Å². The number of rotatable bonds is 4. The van der Waals surface area contributed by atoms with E-state index in [0.717, 1.165) is 25.1 Å². The van der Waals surface area contributed by atoms with E-state index in [0.29, 0.717) is 17.6 Å². The van der Waals surface area contributed by atoms with E-state index >= 15 is 0 Å². The molecule has 1 aromatic heterocycles. The summed E-state index contributed by atoms with van der Waals surface area (Å²) in [6, 6.07) is 10.2. The standard InChI is InChI=1S/C15H18ClN3O/c16-13-8-17-19(9-13)14-6-7-18(10-14)11-15(20)12-4-2-1-3-5-12/h1-5,8-9,14-15,20H,6-7,10-11H2/t14?,15-/m0/s1. The highest BCUT2D eigenvalue weighted by Gasteiger charge is 2.26. The molecular formula is C15H18ClN3O. The van der Waals surface area contributed by atoms with Gasteiger partial charge in [0.05, 0.1) is 23.4 Å². The van der Waals surface area contributed by atoms with E-state index in [1.807, 2.05) is 41.2 Å². The molecule has 1 aromatic carbocycles. The van der Waals surface area contributed by atoms with Gasteiger partial charge < -0.3 is 5.11 Å². The van der Waals surface area contributed by atoms with Gasteiger partial charge >= 0.3 is 0 Å². The quantitative estimate of drug-likeness (QED) is 0.941. The smallest absolute Gasteiger partial charge is 0.0916 e. The van der Waals surface area contributed by atoms with Gasteiger partial charge in [-0.15, -0.1) is 0 Å². The van der Waals surface area contributed by atoms with Gasteiger partial charge in [-0.2, -0.15) is 5.10 Å². The van der Waals surface area contributed by atoms with Crippen molar-refractivity contribution < 1.29 is 5.11 Å². The van der Waals surface area contributed by atoms with Crippen LogP contribution in [0.15, 0.2) is 42.7 Å². The van der Waals surface area contributed by atoms with E-state index in [4.69, 9.17) is 11.6 Å². The minimum atomic E-state index is -0.434. The summed E-state index contributed by atoms with van der Waals surface area (Å²) in [5.41, 5.74) is 0.970. The fraction of sp³-hybridized carbons (Fsp3) is 0.400. The summed E-state index contributed by atoms with van der Waals surface area (Å²) in [5, 5.41) is 15.2. The molecule has 5 heteroatoms. The van der Waals surface area contributed by atoms with Crippen LogP contribution in [0.3, 0.4) is 0 Å². The molecule has 1 aliphatic heterocycles. The second-order valence-corrected chi connectivity index (χ2v) is 5.70. The summed E-state index contributed by atoms with van der Waals surface area (Å²) >= 11 is 5.90. The van der Waals surface area contributed by atoms with Gasteiger partial charge in [0, 0.05) is 25.8 Å². The molecule has 20 heavy (non-hydrogen) atoms. The Balaban J connectivity index is 1.58. The van der Waals surface area contributed by atoms with Crippen molar-refractivity contribution in [1.29, 1.82) is 0 Å². The molecule has 2 aromatic rings. The monoisotopic (exact) mass is 291 g/mol. The van der Waals surface area contributed by atoms with Gasteiger partial charge in [0.2, 0.25) is 0 Å². The van der Waals surface area contributed by atoms with E-state index in [-0.39, 0.29) is 0 Å². The zero-order valence-corrected chi connectivity index (χ0v) is 11.9. The van der Waals surface area contributed by atoms with Crippen LogP contribution < -0.4 is 0 Å². The topological polar surface area (TPSA) is 41.3 Å². The zero-order valence-electron chi connectivity index (χ0n) is 11.2. The van der Waals surface area contributed by atoms with Crippen molar-refractivity contribution in [1.82, 2.24) is 14.7 Å². The molecule has 0 bridgehead atoms. The van der Waals surface area contributed by atoms with E-state index < -0.39 is 6.10 Å². The minimum absolute atomic E-state index is 0.352. The maximum Gasteiger partial charge on any atom is 0.0916 e. The first kappa shape index (κ1) is 13.6. The van der Waals surface area contributed by atoms with Crippen molar-refractivity contribution in [3.05, 3.63) is 53.3 Å². The number of aromatic nitrogens is 2. The summed E-state index contributed by atoms with van der Waals surface area (Å²) in [5.74, 6) is 0. The highest BCUT2D eigenvalue weighted by atomic mass is 35.5. The van der Waals surface area contributed by atoms with Crippen LogP contribution in [0.4, 0.5) is 0 Å². The number of aliphatic hydroxyl groups is 1. The zero-order chi connectivity index (χ0) is 13.9. The van der Waals surface area contributed by atoms with Crippen LogP contribution in [0.1, 0.15) is 24.1 Å². The Bertz CT molecular complexity index is 557. The van der Waals surface area contributed by atoms with Gasteiger partial charge in [-0.25, -0.2) is 0 Å². The first-order valence-corrected chi connectivity index (χ1v) is 7.25. The summed E-state index contributed by atoms with van der Waals surface area (Å²) in [6.45, 7) is 2.55. The fourth-order valence-electron chi connectivity index (χ4n) is 2.73. The third-order valence-electron chi connectivity index (χ3n) is 3.81. The molecule has 0 aliphatic carbocycles. The average Bonchev–Trinajstić information content (AvgIpc) is 3.09. The number of hydrogen-bond donors (Lipinski definition) is 1. The van der Waals surface area contributed by atoms with E-state index in [9.17, 15) is 5.11 Å². The van der Waals surface area contributed by atoms with Crippen LogP contribution in [0.2, 0.25) is 5.02 Å². The van der Waals surface area contributed by atoms with Crippen molar-refractivity contribution in [2.75, 3.05) is 19.6 Å². The Morgan fingerprint density at radius 2 is 2.15 bits per heavy atom. The average molecular weight is 292 g/mol. The molecule has 2 heterocycles. The predicted molar refractivity (Wildman–Crippen MR) is 78.7 cm³/mol. The van der Waals surface area contributed by atoms with Crippen LogP contribution in [-0.2, 0) is 0 Å². The van der Waals surface area contributed by atoms with Crippen molar-refractivity contribution >= 4 is 11.6 Å². The van der Waals surface area contributed by atoms with Gasteiger partial charge in [0.25, 0.3) is 0 Å². The first-order valence-electron chi connectivity index (χ1n) is 6.87. The second kappa shape index (κ2) is 5.95. The number of halogens is 1. The van der Waals surface area contributed by atoms with Crippen LogP contribution in [-0.4, -0.2) is 39.4 Å². The summed E-state index contributed by atoms with van der Waals surface area (Å²) in [7, 11) is 0. The Kier molecular flexibility index (Phi) is 4.05. The molecule has 3 rings (SSSR count). The van der Waals surface area contributed by atoms with Crippen LogP contribution in [0.5, 0.6) is 0 Å². The van der Waals surface area contributed by atoms with Crippen LogP contribution >= 0.6 is 11.6 Å². The summed E-state index contributed by atoms with van der Waals surface area (Å²) in [4.78, 5) is 2.28. The predicted octanol–water partition coefficient (Wildman–Crippen LogP) is 2.52. The SMILES string of the molecule is O[C@@H](CN1CCC(n2cc(Cl)cn2)C1)c1ccccc1. The molecule has 1 unspecified atom stereocenters. The molecular weight excluding hydrogens is 274 g/mol. The highest BCUT2D eigenvalue weighted by molar-refractivity contribution is 6.30. The lowest BCUT2D eigenvalue weighted by molar-refractivity contribution is 0.124.